The first-order valence-electron chi connectivity index (χ1n) is 6.72. The average Bonchev–Trinajstić information content (AvgIpc) is 2.83. The third-order valence-electron chi connectivity index (χ3n) is 3.70. The first-order valence-corrected chi connectivity index (χ1v) is 6.72. The summed E-state index contributed by atoms with van der Waals surface area (Å²) in [5.41, 5.74) is 6.31. The number of nitrogens with one attached hydrogen (secondary N) is 1. The lowest BCUT2D eigenvalue weighted by atomic mass is 9.85. The van der Waals surface area contributed by atoms with Crippen molar-refractivity contribution in [3.05, 3.63) is 47.5 Å². The quantitative estimate of drug-likeness (QED) is 0.675. The van der Waals surface area contributed by atoms with Gasteiger partial charge in [-0.1, -0.05) is 18.2 Å². The summed E-state index contributed by atoms with van der Waals surface area (Å²) in [7, 11) is 0. The number of carbonyl (C=O) groups excluding carboxylic acids is 1. The van der Waals surface area contributed by atoms with Crippen LogP contribution in [-0.4, -0.2) is 11.6 Å². The molecule has 0 saturated carbocycles. The van der Waals surface area contributed by atoms with Crippen molar-refractivity contribution < 1.29 is 9.21 Å². The normalized spacial score (nSPS) is 20.6. The zero-order valence-corrected chi connectivity index (χ0v) is 12.2. The third-order valence-corrected chi connectivity index (χ3v) is 3.70. The van der Waals surface area contributed by atoms with Crippen LogP contribution in [0.5, 0.6) is 0 Å². The fraction of sp³-hybridized carbons (Fsp3) is 0.375. The number of aryl methyl sites for hydroxylation is 1. The predicted molar refractivity (Wildman–Crippen MR) is 79.6 cm³/mol. The summed E-state index contributed by atoms with van der Waals surface area (Å²) in [5, 5.41) is 4.26. The molecule has 20 heavy (non-hydrogen) atoms. The standard InChI is InChI=1S/C16H20N2O2/c1-10(2)13-6-5-11(3)15(9-13)17-18-16(19)14-7-8-20-12(14)4/h5,7-8,13H,1,6,9H2,2-4H3,(H,18,19)/b17-15-/t13-/m0/s1. The molecule has 0 aliphatic heterocycles. The molecule has 0 unspecified atom stereocenters. The Balaban J connectivity index is 2.09. The highest BCUT2D eigenvalue weighted by Gasteiger charge is 2.19. The number of hydrogen-bond acceptors (Lipinski definition) is 3. The van der Waals surface area contributed by atoms with Crippen LogP contribution in [0.1, 0.15) is 42.8 Å². The summed E-state index contributed by atoms with van der Waals surface area (Å²) in [6.07, 6.45) is 5.47. The Morgan fingerprint density at radius 2 is 2.25 bits per heavy atom. The molecule has 0 saturated heterocycles. The van der Waals surface area contributed by atoms with Crippen LogP contribution in [0.25, 0.3) is 0 Å². The molecule has 0 radical (unpaired) electrons. The van der Waals surface area contributed by atoms with Crippen molar-refractivity contribution in [3.63, 3.8) is 0 Å². The molecule has 0 fully saturated rings. The first kappa shape index (κ1) is 14.3. The van der Waals surface area contributed by atoms with Crippen LogP contribution in [-0.2, 0) is 0 Å². The van der Waals surface area contributed by atoms with E-state index in [1.807, 2.05) is 13.8 Å². The van der Waals surface area contributed by atoms with Gasteiger partial charge in [0.1, 0.15) is 5.76 Å². The number of allylic oxidation sites excluding steroid dienone is 3. The minimum atomic E-state index is -0.242. The van der Waals surface area contributed by atoms with Gasteiger partial charge < -0.3 is 4.42 Å². The van der Waals surface area contributed by atoms with E-state index in [4.69, 9.17) is 4.42 Å². The Bertz CT molecular complexity index is 593. The summed E-state index contributed by atoms with van der Waals surface area (Å²) in [6.45, 7) is 9.81. The van der Waals surface area contributed by atoms with E-state index in [0.717, 1.165) is 29.7 Å². The van der Waals surface area contributed by atoms with Crippen molar-refractivity contribution in [3.8, 4) is 0 Å². The summed E-state index contributed by atoms with van der Waals surface area (Å²) < 4.78 is 5.11. The Morgan fingerprint density at radius 3 is 2.85 bits per heavy atom. The lowest BCUT2D eigenvalue weighted by Gasteiger charge is -2.22. The summed E-state index contributed by atoms with van der Waals surface area (Å²) in [5.74, 6) is 0.762. The van der Waals surface area contributed by atoms with Crippen molar-refractivity contribution in [1.82, 2.24) is 5.43 Å². The largest absolute Gasteiger partial charge is 0.469 e. The van der Waals surface area contributed by atoms with Crippen molar-refractivity contribution in [2.24, 2.45) is 11.0 Å². The molecule has 2 rings (SSSR count). The molecule has 0 bridgehead atoms. The van der Waals surface area contributed by atoms with E-state index < -0.39 is 0 Å². The molecule has 1 aromatic rings. The zero-order chi connectivity index (χ0) is 14.7. The molecule has 1 aliphatic rings. The maximum Gasteiger partial charge on any atom is 0.274 e. The molecule has 1 atom stereocenters. The number of amides is 1. The fourth-order valence-corrected chi connectivity index (χ4v) is 2.22. The van der Waals surface area contributed by atoms with E-state index in [1.165, 1.54) is 6.26 Å². The summed E-state index contributed by atoms with van der Waals surface area (Å²) in [4.78, 5) is 12.0. The molecule has 1 heterocycles. The number of hydrazone groups is 1. The molecule has 1 N–H and O–H groups in total. The minimum absolute atomic E-state index is 0.242. The van der Waals surface area contributed by atoms with E-state index in [9.17, 15) is 4.79 Å². The van der Waals surface area contributed by atoms with Gasteiger partial charge in [0, 0.05) is 0 Å². The zero-order valence-electron chi connectivity index (χ0n) is 12.2. The topological polar surface area (TPSA) is 54.6 Å². The van der Waals surface area contributed by atoms with E-state index in [0.29, 0.717) is 17.2 Å². The number of nitrogens with zero attached hydrogens (tertiary/aromatic N) is 1. The average molecular weight is 272 g/mol. The lowest BCUT2D eigenvalue weighted by molar-refractivity contribution is 0.0953. The highest BCUT2D eigenvalue weighted by molar-refractivity contribution is 6.02. The van der Waals surface area contributed by atoms with Crippen molar-refractivity contribution in [2.75, 3.05) is 0 Å². The molecule has 0 aromatic carbocycles. The maximum atomic E-state index is 12.0. The van der Waals surface area contributed by atoms with Gasteiger partial charge in [-0.2, -0.15) is 5.10 Å². The van der Waals surface area contributed by atoms with Crippen molar-refractivity contribution >= 4 is 11.6 Å². The SMILES string of the molecule is C=C(C)[C@H]1CC=C(C)/C(=N\NC(=O)c2ccoc2C)C1. The van der Waals surface area contributed by atoms with Gasteiger partial charge >= 0.3 is 0 Å². The van der Waals surface area contributed by atoms with Gasteiger partial charge in [0.05, 0.1) is 17.5 Å². The summed E-state index contributed by atoms with van der Waals surface area (Å²) in [6, 6.07) is 1.64. The molecule has 1 aromatic heterocycles. The van der Waals surface area contributed by atoms with Gasteiger partial charge in [-0.05, 0) is 51.2 Å². The highest BCUT2D eigenvalue weighted by Crippen LogP contribution is 2.26. The van der Waals surface area contributed by atoms with Crippen LogP contribution in [0.15, 0.2) is 45.6 Å². The fourth-order valence-electron chi connectivity index (χ4n) is 2.22. The third kappa shape index (κ3) is 3.07. The predicted octanol–water partition coefficient (Wildman–Crippen LogP) is 3.61. The van der Waals surface area contributed by atoms with Gasteiger partial charge in [-0.3, -0.25) is 4.79 Å². The highest BCUT2D eigenvalue weighted by atomic mass is 16.3. The van der Waals surface area contributed by atoms with Crippen molar-refractivity contribution in [1.29, 1.82) is 0 Å². The second kappa shape index (κ2) is 5.90. The van der Waals surface area contributed by atoms with Gasteiger partial charge in [-0.15, -0.1) is 0 Å². The number of rotatable bonds is 3. The van der Waals surface area contributed by atoms with E-state index in [-0.39, 0.29) is 5.91 Å². The lowest BCUT2D eigenvalue weighted by Crippen LogP contribution is -2.23. The van der Waals surface area contributed by atoms with Crippen LogP contribution >= 0.6 is 0 Å². The first-order chi connectivity index (χ1) is 9.49. The molecular formula is C16H20N2O2. The van der Waals surface area contributed by atoms with Crippen LogP contribution in [0, 0.1) is 12.8 Å². The van der Waals surface area contributed by atoms with Gasteiger partial charge in [-0.25, -0.2) is 5.43 Å². The van der Waals surface area contributed by atoms with E-state index in [1.54, 1.807) is 13.0 Å². The number of carbonyl (C=O) groups is 1. The van der Waals surface area contributed by atoms with Gasteiger partial charge in [0.15, 0.2) is 0 Å². The molecule has 0 spiro atoms. The smallest absolute Gasteiger partial charge is 0.274 e. The molecule has 1 amide bonds. The second-order valence-corrected chi connectivity index (χ2v) is 5.26. The van der Waals surface area contributed by atoms with Crippen LogP contribution in [0.3, 0.4) is 0 Å². The molecule has 106 valence electrons. The number of furan rings is 1. The van der Waals surface area contributed by atoms with Crippen LogP contribution in [0.4, 0.5) is 0 Å². The van der Waals surface area contributed by atoms with Crippen LogP contribution < -0.4 is 5.43 Å². The molecule has 4 nitrogen and oxygen atoms in total. The van der Waals surface area contributed by atoms with E-state index >= 15 is 0 Å². The van der Waals surface area contributed by atoms with Crippen molar-refractivity contribution in [2.45, 2.75) is 33.6 Å². The Hall–Kier alpha value is -2.10. The van der Waals surface area contributed by atoms with Gasteiger partial charge in [0.25, 0.3) is 5.91 Å². The molecular weight excluding hydrogens is 252 g/mol. The number of hydrogen-bond donors (Lipinski definition) is 1. The molecule has 4 heteroatoms. The maximum absolute atomic E-state index is 12.0. The Kier molecular flexibility index (Phi) is 4.23. The monoisotopic (exact) mass is 272 g/mol. The summed E-state index contributed by atoms with van der Waals surface area (Å²) >= 11 is 0. The minimum Gasteiger partial charge on any atom is -0.469 e. The van der Waals surface area contributed by atoms with Gasteiger partial charge in [0.2, 0.25) is 0 Å². The van der Waals surface area contributed by atoms with E-state index in [2.05, 4.69) is 23.2 Å². The Labute approximate surface area is 119 Å². The molecule has 1 aliphatic carbocycles. The Morgan fingerprint density at radius 1 is 1.50 bits per heavy atom. The second-order valence-electron chi connectivity index (χ2n) is 5.26. The van der Waals surface area contributed by atoms with Crippen LogP contribution in [0.2, 0.25) is 0 Å².